The summed E-state index contributed by atoms with van der Waals surface area (Å²) in [7, 11) is -1.83. The van der Waals surface area contributed by atoms with Crippen LogP contribution in [0.4, 0.5) is 0 Å². The van der Waals surface area contributed by atoms with E-state index in [0.717, 1.165) is 25.0 Å². The highest BCUT2D eigenvalue weighted by Crippen LogP contribution is 2.37. The van der Waals surface area contributed by atoms with Gasteiger partial charge < -0.3 is 9.53 Å². The molecule has 0 atom stereocenters. The minimum absolute atomic E-state index is 0.189. The maximum atomic E-state index is 9.80. The van der Waals surface area contributed by atoms with E-state index in [1.54, 1.807) is 0 Å². The number of benzene rings is 2. The Morgan fingerprint density at radius 3 is 2.03 bits per heavy atom. The predicted octanol–water partition coefficient (Wildman–Crippen LogP) is 8.50. The smallest absolute Gasteiger partial charge is 0.250 e. The third-order valence-electron chi connectivity index (χ3n) is 6.46. The van der Waals surface area contributed by atoms with Crippen LogP contribution in [-0.2, 0) is 6.42 Å². The lowest BCUT2D eigenvalue weighted by molar-refractivity contribution is 0.0680. The maximum Gasteiger partial charge on any atom is 0.250 e. The molecule has 2 aromatic rings. The lowest BCUT2D eigenvalue weighted by Gasteiger charge is -2.36. The van der Waals surface area contributed by atoms with Gasteiger partial charge in [-0.3, -0.25) is 0 Å². The van der Waals surface area contributed by atoms with Crippen LogP contribution in [-0.4, -0.2) is 19.0 Å². The van der Waals surface area contributed by atoms with Gasteiger partial charge in [-0.1, -0.05) is 88.6 Å². The van der Waals surface area contributed by atoms with Gasteiger partial charge in [-0.15, -0.1) is 0 Å². The lowest BCUT2D eigenvalue weighted by Crippen LogP contribution is -2.43. The second-order valence-corrected chi connectivity index (χ2v) is 16.0. The van der Waals surface area contributed by atoms with Crippen LogP contribution in [0.1, 0.15) is 83.4 Å². The maximum absolute atomic E-state index is 9.80. The number of aliphatic hydroxyl groups is 1. The highest BCUT2D eigenvalue weighted by atomic mass is 28.4. The summed E-state index contributed by atoms with van der Waals surface area (Å²) >= 11 is 0. The Morgan fingerprint density at radius 1 is 0.812 bits per heavy atom. The number of hydrogen-bond donors (Lipinski definition) is 1. The Morgan fingerprint density at radius 2 is 1.41 bits per heavy atom. The predicted molar refractivity (Wildman–Crippen MR) is 143 cm³/mol. The van der Waals surface area contributed by atoms with Crippen LogP contribution in [0.15, 0.2) is 48.5 Å². The summed E-state index contributed by atoms with van der Waals surface area (Å²) < 4.78 is 6.46. The van der Waals surface area contributed by atoms with E-state index in [4.69, 9.17) is 4.43 Å². The summed E-state index contributed by atoms with van der Waals surface area (Å²) in [6, 6.07) is 17.3. The van der Waals surface area contributed by atoms with E-state index in [1.165, 1.54) is 36.0 Å². The average molecular weight is 453 g/mol. The third-order valence-corrected chi connectivity index (χ3v) is 10.8. The Balaban J connectivity index is 1.91. The van der Waals surface area contributed by atoms with Crippen molar-refractivity contribution < 1.29 is 9.53 Å². The summed E-state index contributed by atoms with van der Waals surface area (Å²) in [5, 5.41) is 9.99. The Hall–Kier alpha value is -1.84. The van der Waals surface area contributed by atoms with Crippen molar-refractivity contribution in [3.63, 3.8) is 0 Å². The molecule has 0 bridgehead atoms. The van der Waals surface area contributed by atoms with Crippen molar-refractivity contribution in [2.75, 3.05) is 0 Å². The topological polar surface area (TPSA) is 29.5 Å². The lowest BCUT2D eigenvalue weighted by atomic mass is 9.99. The fraction of sp³-hybridized carbons (Fsp3) is 0.517. The Bertz CT molecular complexity index is 869. The van der Waals surface area contributed by atoms with Crippen LogP contribution in [0, 0.1) is 0 Å². The molecule has 0 aromatic heterocycles. The van der Waals surface area contributed by atoms with E-state index >= 15 is 0 Å². The van der Waals surface area contributed by atoms with Crippen LogP contribution in [0.3, 0.4) is 0 Å². The van der Waals surface area contributed by atoms with Gasteiger partial charge in [-0.2, -0.15) is 0 Å². The average Bonchev–Trinajstić information content (AvgIpc) is 2.68. The van der Waals surface area contributed by atoms with Gasteiger partial charge in [0.2, 0.25) is 8.32 Å². The summed E-state index contributed by atoms with van der Waals surface area (Å²) in [4.78, 5) is 0. The largest absolute Gasteiger partial charge is 0.543 e. The van der Waals surface area contributed by atoms with E-state index in [-0.39, 0.29) is 5.04 Å². The molecule has 2 rings (SSSR count). The summed E-state index contributed by atoms with van der Waals surface area (Å²) in [5.74, 6) is 0.970. The zero-order valence-electron chi connectivity index (χ0n) is 21.4. The van der Waals surface area contributed by atoms with Crippen molar-refractivity contribution in [3.8, 4) is 5.75 Å². The van der Waals surface area contributed by atoms with Crippen LogP contribution in [0.5, 0.6) is 5.75 Å². The molecule has 0 unspecified atom stereocenters. The molecule has 0 aliphatic rings. The molecular formula is C29H44O2Si. The summed E-state index contributed by atoms with van der Waals surface area (Å²) in [6.07, 6.45) is 11.1. The van der Waals surface area contributed by atoms with E-state index in [9.17, 15) is 5.11 Å². The minimum Gasteiger partial charge on any atom is -0.543 e. The van der Waals surface area contributed by atoms with Crippen molar-refractivity contribution >= 4 is 20.5 Å². The first-order chi connectivity index (χ1) is 14.9. The second-order valence-electron chi connectivity index (χ2n) is 11.2. The zero-order valence-corrected chi connectivity index (χ0v) is 22.4. The molecule has 0 fully saturated rings. The zero-order chi connectivity index (χ0) is 23.8. The number of aryl methyl sites for hydroxylation is 1. The highest BCUT2D eigenvalue weighted by Gasteiger charge is 2.38. The SMILES string of the molecule is CC(C)(O)CCCCCCc1cccc(C=Cc2cccc(O[Si](C)(C)C(C)(C)C)c2)c1. The van der Waals surface area contributed by atoms with Crippen molar-refractivity contribution in [2.24, 2.45) is 0 Å². The first-order valence-electron chi connectivity index (χ1n) is 12.1. The number of unbranched alkanes of at least 4 members (excludes halogenated alkanes) is 3. The van der Waals surface area contributed by atoms with Crippen LogP contribution >= 0.6 is 0 Å². The molecule has 176 valence electrons. The van der Waals surface area contributed by atoms with Gasteiger partial charge in [0, 0.05) is 0 Å². The highest BCUT2D eigenvalue weighted by molar-refractivity contribution is 6.74. The molecule has 0 radical (unpaired) electrons. The van der Waals surface area contributed by atoms with Crippen molar-refractivity contribution in [2.45, 2.75) is 96.9 Å². The normalized spacial score (nSPS) is 13.0. The van der Waals surface area contributed by atoms with Gasteiger partial charge >= 0.3 is 0 Å². The number of rotatable bonds is 11. The standard InChI is InChI=1S/C29H44O2Si/c1-28(2,3)32(6,7)31-27-18-13-17-26(23-27)20-19-25-16-12-15-24(22-25)14-10-8-9-11-21-29(4,5)30/h12-13,15-20,22-23,30H,8-11,14,21H2,1-7H3. The molecule has 0 amide bonds. The Labute approximate surface area is 197 Å². The summed E-state index contributed by atoms with van der Waals surface area (Å²) in [6.45, 7) is 15.2. The van der Waals surface area contributed by atoms with Crippen molar-refractivity contribution in [3.05, 3.63) is 65.2 Å². The van der Waals surface area contributed by atoms with Crippen LogP contribution in [0.2, 0.25) is 18.1 Å². The first-order valence-corrected chi connectivity index (χ1v) is 15.1. The monoisotopic (exact) mass is 452 g/mol. The molecule has 0 saturated carbocycles. The summed E-state index contributed by atoms with van der Waals surface area (Å²) in [5.41, 5.74) is 3.26. The molecular weight excluding hydrogens is 408 g/mol. The first kappa shape index (κ1) is 26.4. The quantitative estimate of drug-likeness (QED) is 0.210. The van der Waals surface area contributed by atoms with Crippen LogP contribution < -0.4 is 4.43 Å². The van der Waals surface area contributed by atoms with Crippen molar-refractivity contribution in [1.29, 1.82) is 0 Å². The minimum atomic E-state index is -1.83. The fourth-order valence-corrected chi connectivity index (χ4v) is 4.44. The molecule has 3 heteroatoms. The van der Waals surface area contributed by atoms with E-state index in [1.807, 2.05) is 13.8 Å². The van der Waals surface area contributed by atoms with Gasteiger partial charge in [0.25, 0.3) is 0 Å². The van der Waals surface area contributed by atoms with Gasteiger partial charge in [-0.25, -0.2) is 0 Å². The molecule has 0 saturated heterocycles. The molecule has 2 nitrogen and oxygen atoms in total. The van der Waals surface area contributed by atoms with Gasteiger partial charge in [0.15, 0.2) is 0 Å². The van der Waals surface area contributed by atoms with Gasteiger partial charge in [0.05, 0.1) is 5.60 Å². The van der Waals surface area contributed by atoms with E-state index < -0.39 is 13.9 Å². The molecule has 0 heterocycles. The molecule has 0 aliphatic heterocycles. The fourth-order valence-electron chi connectivity index (χ4n) is 3.41. The van der Waals surface area contributed by atoms with E-state index in [2.05, 4.69) is 94.5 Å². The van der Waals surface area contributed by atoms with Gasteiger partial charge in [-0.05, 0) is 80.1 Å². The van der Waals surface area contributed by atoms with Gasteiger partial charge in [0.1, 0.15) is 5.75 Å². The third kappa shape index (κ3) is 9.34. The van der Waals surface area contributed by atoms with E-state index in [0.29, 0.717) is 0 Å². The molecule has 0 spiro atoms. The van der Waals surface area contributed by atoms with Crippen LogP contribution in [0.25, 0.3) is 12.2 Å². The Kier molecular flexibility index (Phi) is 9.36. The molecule has 0 aliphatic carbocycles. The second kappa shape index (κ2) is 11.3. The molecule has 32 heavy (non-hydrogen) atoms. The van der Waals surface area contributed by atoms with Crippen molar-refractivity contribution in [1.82, 2.24) is 0 Å². The molecule has 2 aromatic carbocycles. The number of hydrogen-bond acceptors (Lipinski definition) is 2. The molecule has 1 N–H and O–H groups in total.